The summed E-state index contributed by atoms with van der Waals surface area (Å²) >= 11 is 0. The summed E-state index contributed by atoms with van der Waals surface area (Å²) in [6.45, 7) is 2.59. The number of halogens is 3. The van der Waals surface area contributed by atoms with Gasteiger partial charge in [0.05, 0.1) is 12.1 Å². The highest BCUT2D eigenvalue weighted by atomic mass is 19.4. The number of nitrogens with zero attached hydrogens (tertiary/aromatic N) is 3. The number of alkyl halides is 3. The Bertz CT molecular complexity index is 1760. The standard InChI is InChI=1S/C30H33N5O9.C2HF3O2/c1-2-43-30(42)35-14-12-34(13-15-35)27(37)21(28(38)39)10-11-32-26(36)23-17-24(20-8-3-4-9-22(20)33-23)44-19-7-5-6-18(16-19)25(31)29(40)41;3-2(4,5)1(6)7/h3-9,16-17,21,25H,2,10-15,31H2,1H3,(H,32,36)(H,38,39)(H,40,41);(H,6,7). The van der Waals surface area contributed by atoms with Crippen LogP contribution in [0.1, 0.15) is 35.4 Å². The van der Waals surface area contributed by atoms with Gasteiger partial charge in [-0.25, -0.2) is 14.6 Å². The summed E-state index contributed by atoms with van der Waals surface area (Å²) in [7, 11) is 0. The molecule has 0 bridgehead atoms. The minimum absolute atomic E-state index is 0.00891. The molecule has 6 N–H and O–H groups in total. The molecule has 51 heavy (non-hydrogen) atoms. The first-order valence-electron chi connectivity index (χ1n) is 15.2. The summed E-state index contributed by atoms with van der Waals surface area (Å²) in [5.74, 6) is -7.29. The molecule has 19 heteroatoms. The molecule has 1 saturated heterocycles. The van der Waals surface area contributed by atoms with E-state index in [4.69, 9.17) is 25.1 Å². The number of carbonyl (C=O) groups is 6. The zero-order chi connectivity index (χ0) is 37.9. The zero-order valence-corrected chi connectivity index (χ0v) is 27.0. The summed E-state index contributed by atoms with van der Waals surface area (Å²) in [5, 5.41) is 29.3. The van der Waals surface area contributed by atoms with Gasteiger partial charge in [-0.3, -0.25) is 19.2 Å². The average Bonchev–Trinajstić information content (AvgIpc) is 3.09. The van der Waals surface area contributed by atoms with Crippen LogP contribution in [0, 0.1) is 5.92 Å². The second-order valence-electron chi connectivity index (χ2n) is 10.8. The molecule has 1 fully saturated rings. The maximum Gasteiger partial charge on any atom is 0.490 e. The van der Waals surface area contributed by atoms with Crippen LogP contribution in [0.5, 0.6) is 11.5 Å². The zero-order valence-electron chi connectivity index (χ0n) is 27.0. The van der Waals surface area contributed by atoms with E-state index in [0.717, 1.165) is 0 Å². The van der Waals surface area contributed by atoms with E-state index < -0.39 is 54.0 Å². The first-order valence-corrected chi connectivity index (χ1v) is 15.2. The number of carbonyl (C=O) groups excluding carboxylic acids is 3. The van der Waals surface area contributed by atoms with E-state index in [0.29, 0.717) is 22.2 Å². The van der Waals surface area contributed by atoms with Gasteiger partial charge in [0.25, 0.3) is 5.91 Å². The fourth-order valence-electron chi connectivity index (χ4n) is 4.70. The van der Waals surface area contributed by atoms with Gasteiger partial charge in [0.15, 0.2) is 0 Å². The minimum Gasteiger partial charge on any atom is -0.481 e. The third kappa shape index (κ3) is 11.0. The molecule has 1 aromatic heterocycles. The second-order valence-corrected chi connectivity index (χ2v) is 10.8. The molecule has 16 nitrogen and oxygen atoms in total. The van der Waals surface area contributed by atoms with E-state index in [-0.39, 0.29) is 57.2 Å². The van der Waals surface area contributed by atoms with Crippen molar-refractivity contribution in [3.05, 3.63) is 65.9 Å². The van der Waals surface area contributed by atoms with Gasteiger partial charge in [0.2, 0.25) is 5.91 Å². The Kier molecular flexibility index (Phi) is 13.6. The van der Waals surface area contributed by atoms with E-state index in [9.17, 15) is 47.4 Å². The van der Waals surface area contributed by atoms with Crippen molar-refractivity contribution in [2.45, 2.75) is 25.6 Å². The van der Waals surface area contributed by atoms with Gasteiger partial charge >= 0.3 is 30.2 Å². The molecule has 0 spiro atoms. The number of carboxylic acids is 3. The highest BCUT2D eigenvalue weighted by Gasteiger charge is 2.38. The number of nitrogens with one attached hydrogen (secondary N) is 1. The van der Waals surface area contributed by atoms with Crippen LogP contribution >= 0.6 is 0 Å². The molecular formula is C32H34F3N5O11. The fraction of sp³-hybridized carbons (Fsp3) is 0.344. The van der Waals surface area contributed by atoms with E-state index in [2.05, 4.69) is 10.3 Å². The molecule has 2 heterocycles. The van der Waals surface area contributed by atoms with E-state index >= 15 is 0 Å². The number of piperazine rings is 1. The first-order chi connectivity index (χ1) is 24.0. The lowest BCUT2D eigenvalue weighted by Crippen LogP contribution is -2.53. The predicted octanol–water partition coefficient (Wildman–Crippen LogP) is 2.87. The maximum absolute atomic E-state index is 13.1. The summed E-state index contributed by atoms with van der Waals surface area (Å²) in [6.07, 6.45) is -5.73. The summed E-state index contributed by atoms with van der Waals surface area (Å²) in [6, 6.07) is 13.4. The van der Waals surface area contributed by atoms with Crippen molar-refractivity contribution in [3.8, 4) is 11.5 Å². The highest BCUT2D eigenvalue weighted by molar-refractivity contribution is 5.98. The number of rotatable bonds is 11. The topological polar surface area (TPSA) is 239 Å². The van der Waals surface area contributed by atoms with Crippen molar-refractivity contribution in [1.29, 1.82) is 0 Å². The number of para-hydroxylation sites is 1. The largest absolute Gasteiger partial charge is 0.490 e. The van der Waals surface area contributed by atoms with Crippen LogP contribution in [-0.2, 0) is 23.9 Å². The number of pyridine rings is 1. The number of fused-ring (bicyclic) bond motifs is 1. The number of hydrogen-bond donors (Lipinski definition) is 5. The van der Waals surface area contributed by atoms with Crippen molar-refractivity contribution >= 4 is 46.7 Å². The molecule has 0 saturated carbocycles. The molecule has 4 rings (SSSR count). The van der Waals surface area contributed by atoms with Gasteiger partial charge in [0.1, 0.15) is 29.2 Å². The molecule has 3 aromatic rings. The van der Waals surface area contributed by atoms with Crippen molar-refractivity contribution in [3.63, 3.8) is 0 Å². The Labute approximate surface area is 287 Å². The van der Waals surface area contributed by atoms with Crippen LogP contribution in [-0.4, -0.2) is 111 Å². The number of aliphatic carboxylic acids is 3. The Morgan fingerprint density at radius 1 is 0.922 bits per heavy atom. The van der Waals surface area contributed by atoms with Crippen LogP contribution in [0.4, 0.5) is 18.0 Å². The lowest BCUT2D eigenvalue weighted by molar-refractivity contribution is -0.192. The molecule has 0 radical (unpaired) electrons. The fourth-order valence-corrected chi connectivity index (χ4v) is 4.70. The third-order valence-electron chi connectivity index (χ3n) is 7.30. The van der Waals surface area contributed by atoms with Crippen molar-refractivity contribution in [2.75, 3.05) is 39.3 Å². The number of carboxylic acid groups (broad SMARTS) is 3. The van der Waals surface area contributed by atoms with Gasteiger partial charge in [0, 0.05) is 44.2 Å². The first kappa shape index (κ1) is 39.5. The van der Waals surface area contributed by atoms with Gasteiger partial charge in [-0.2, -0.15) is 13.2 Å². The van der Waals surface area contributed by atoms with Gasteiger partial charge in [-0.05, 0) is 43.2 Å². The minimum atomic E-state index is -5.08. The van der Waals surface area contributed by atoms with Crippen LogP contribution in [0.3, 0.4) is 0 Å². The van der Waals surface area contributed by atoms with Crippen molar-refractivity contribution < 1.29 is 66.7 Å². The Morgan fingerprint density at radius 3 is 2.14 bits per heavy atom. The molecule has 1 aliphatic rings. The highest BCUT2D eigenvalue weighted by Crippen LogP contribution is 2.31. The smallest absolute Gasteiger partial charge is 0.481 e. The number of benzene rings is 2. The number of ether oxygens (including phenoxy) is 2. The van der Waals surface area contributed by atoms with Crippen molar-refractivity contribution in [1.82, 2.24) is 20.1 Å². The monoisotopic (exact) mass is 721 g/mol. The summed E-state index contributed by atoms with van der Waals surface area (Å²) < 4.78 is 42.7. The van der Waals surface area contributed by atoms with Crippen LogP contribution in [0.2, 0.25) is 0 Å². The predicted molar refractivity (Wildman–Crippen MR) is 170 cm³/mol. The lowest BCUT2D eigenvalue weighted by atomic mass is 10.0. The van der Waals surface area contributed by atoms with Crippen molar-refractivity contribution in [2.24, 2.45) is 11.7 Å². The molecule has 2 atom stereocenters. The quantitative estimate of drug-likeness (QED) is 0.179. The molecule has 0 aliphatic carbocycles. The molecular weight excluding hydrogens is 687 g/mol. The SMILES string of the molecule is CCOC(=O)N1CCN(C(=O)C(CCNC(=O)c2cc(Oc3cccc(C(N)C(=O)O)c3)c3ccccc3n2)C(=O)O)CC1.O=C(O)C(F)(F)F. The summed E-state index contributed by atoms with van der Waals surface area (Å²) in [4.78, 5) is 77.4. The molecule has 274 valence electrons. The number of aromatic nitrogens is 1. The normalized spacial score (nSPS) is 14.0. The third-order valence-corrected chi connectivity index (χ3v) is 7.30. The number of hydrogen-bond acceptors (Lipinski definition) is 10. The van der Waals surface area contributed by atoms with E-state index in [1.165, 1.54) is 21.9 Å². The Balaban J connectivity index is 0.000000908. The molecule has 1 aliphatic heterocycles. The average molecular weight is 722 g/mol. The van der Waals surface area contributed by atoms with Crippen LogP contribution in [0.15, 0.2) is 54.6 Å². The molecule has 2 aromatic carbocycles. The summed E-state index contributed by atoms with van der Waals surface area (Å²) in [5.41, 5.74) is 6.50. The van der Waals surface area contributed by atoms with Gasteiger partial charge in [-0.1, -0.05) is 24.3 Å². The van der Waals surface area contributed by atoms with E-state index in [1.54, 1.807) is 49.4 Å². The van der Waals surface area contributed by atoms with Crippen LogP contribution in [0.25, 0.3) is 10.9 Å². The number of amides is 3. The van der Waals surface area contributed by atoms with Gasteiger partial charge in [-0.15, -0.1) is 0 Å². The van der Waals surface area contributed by atoms with E-state index in [1.807, 2.05) is 0 Å². The Hall–Kier alpha value is -5.98. The van der Waals surface area contributed by atoms with Crippen LogP contribution < -0.4 is 15.8 Å². The lowest BCUT2D eigenvalue weighted by Gasteiger charge is -2.35. The second kappa shape index (κ2) is 17.6. The molecule has 3 amide bonds. The Morgan fingerprint density at radius 2 is 1.55 bits per heavy atom. The maximum atomic E-state index is 13.1. The number of nitrogens with two attached hydrogens (primary N) is 1. The molecule has 2 unspecified atom stereocenters. The van der Waals surface area contributed by atoms with Gasteiger partial charge < -0.3 is 45.6 Å².